The lowest BCUT2D eigenvalue weighted by Crippen LogP contribution is -2.56. The van der Waals surface area contributed by atoms with Gasteiger partial charge in [0.1, 0.15) is 12.2 Å². The first-order valence-corrected chi connectivity index (χ1v) is 11.9. The van der Waals surface area contributed by atoms with Gasteiger partial charge in [-0.25, -0.2) is 0 Å². The second-order valence-corrected chi connectivity index (χ2v) is 8.85. The molecule has 174 valence electrons. The van der Waals surface area contributed by atoms with Gasteiger partial charge >= 0.3 is 0 Å². The average Bonchev–Trinajstić information content (AvgIpc) is 2.87. The highest BCUT2D eigenvalue weighted by molar-refractivity contribution is 14.1. The van der Waals surface area contributed by atoms with Crippen LogP contribution in [0.3, 0.4) is 0 Å². The van der Waals surface area contributed by atoms with Crippen molar-refractivity contribution in [2.75, 3.05) is 23.5 Å². The number of hydrogen-bond donors (Lipinski definition) is 0. The molecule has 0 aromatic heterocycles. The van der Waals surface area contributed by atoms with Gasteiger partial charge in [0, 0.05) is 0 Å². The summed E-state index contributed by atoms with van der Waals surface area (Å²) < 4.78 is 11.8. The maximum atomic E-state index is 13.6. The zero-order chi connectivity index (χ0) is 24.9. The van der Waals surface area contributed by atoms with E-state index in [0.29, 0.717) is 28.4 Å². The first kappa shape index (κ1) is 24.4. The molecule has 4 rings (SSSR count). The number of rotatable bonds is 6. The van der Waals surface area contributed by atoms with E-state index in [1.54, 1.807) is 60.7 Å². The largest absolute Gasteiger partial charge is 0.493 e. The second-order valence-electron chi connectivity index (χ2n) is 7.32. The minimum Gasteiger partial charge on any atom is -0.493 e. The van der Waals surface area contributed by atoms with Crippen molar-refractivity contribution in [1.29, 1.82) is 0 Å². The molecule has 1 heterocycles. The number of ether oxygens (including phenoxy) is 2. The molecule has 0 saturated carbocycles. The third-order valence-electron chi connectivity index (χ3n) is 5.14. The number of terminal acetylenes is 1. The maximum Gasteiger partial charge on any atom is 0.270 e. The van der Waals surface area contributed by atoms with Crippen LogP contribution in [-0.4, -0.2) is 30.6 Å². The number of amides is 2. The molecule has 0 radical (unpaired) electrons. The molecule has 0 N–H and O–H groups in total. The number of carbonyl (C=O) groups excluding carboxylic acids is 2. The molecule has 2 amide bonds. The Morgan fingerprint density at radius 3 is 2.00 bits per heavy atom. The molecule has 1 aliphatic rings. The zero-order valence-electron chi connectivity index (χ0n) is 18.6. The first-order valence-electron chi connectivity index (χ1n) is 10.4. The van der Waals surface area contributed by atoms with Crippen LogP contribution in [0.25, 0.3) is 6.08 Å². The number of nitrogens with zero attached hydrogens (tertiary/aromatic N) is 2. The van der Waals surface area contributed by atoms with E-state index >= 15 is 0 Å². The van der Waals surface area contributed by atoms with Crippen molar-refractivity contribution >= 4 is 69.2 Å². The van der Waals surface area contributed by atoms with Gasteiger partial charge in [-0.15, -0.1) is 6.42 Å². The van der Waals surface area contributed by atoms with Crippen LogP contribution in [0.2, 0.25) is 0 Å². The van der Waals surface area contributed by atoms with Crippen molar-refractivity contribution in [3.05, 3.63) is 87.5 Å². The van der Waals surface area contributed by atoms with E-state index in [9.17, 15) is 9.59 Å². The molecule has 35 heavy (non-hydrogen) atoms. The minimum atomic E-state index is -0.514. The summed E-state index contributed by atoms with van der Waals surface area (Å²) in [6, 6.07) is 21.5. The van der Waals surface area contributed by atoms with Crippen LogP contribution < -0.4 is 19.3 Å². The molecule has 1 saturated heterocycles. The fourth-order valence-electron chi connectivity index (χ4n) is 3.58. The monoisotopic (exact) mass is 594 g/mol. The highest BCUT2D eigenvalue weighted by atomic mass is 127. The van der Waals surface area contributed by atoms with Crippen molar-refractivity contribution < 1.29 is 19.1 Å². The summed E-state index contributed by atoms with van der Waals surface area (Å²) in [7, 11) is 1.51. The van der Waals surface area contributed by atoms with Crippen LogP contribution >= 0.6 is 34.8 Å². The maximum absolute atomic E-state index is 13.6. The van der Waals surface area contributed by atoms with Gasteiger partial charge in [-0.2, -0.15) is 0 Å². The van der Waals surface area contributed by atoms with E-state index < -0.39 is 11.8 Å². The summed E-state index contributed by atoms with van der Waals surface area (Å²) in [5, 5.41) is 0.0831. The molecule has 6 nitrogen and oxygen atoms in total. The highest BCUT2D eigenvalue weighted by Crippen LogP contribution is 2.36. The van der Waals surface area contributed by atoms with E-state index in [4.69, 9.17) is 28.1 Å². The second kappa shape index (κ2) is 10.7. The van der Waals surface area contributed by atoms with Crippen LogP contribution in [-0.2, 0) is 9.59 Å². The Morgan fingerprint density at radius 2 is 1.51 bits per heavy atom. The van der Waals surface area contributed by atoms with Crippen molar-refractivity contribution in [1.82, 2.24) is 0 Å². The Kier molecular flexibility index (Phi) is 7.48. The number of halogens is 1. The lowest BCUT2D eigenvalue weighted by molar-refractivity contribution is -0.120. The van der Waals surface area contributed by atoms with Gasteiger partial charge in [0.05, 0.1) is 22.1 Å². The van der Waals surface area contributed by atoms with Crippen LogP contribution in [0.15, 0.2) is 78.4 Å². The van der Waals surface area contributed by atoms with E-state index in [2.05, 4.69) is 28.5 Å². The number of benzene rings is 3. The Bertz CT molecular complexity index is 1300. The average molecular weight is 594 g/mol. The fourth-order valence-corrected chi connectivity index (χ4v) is 4.74. The molecular weight excluding hydrogens is 575 g/mol. The molecule has 3 aromatic carbocycles. The third-order valence-corrected chi connectivity index (χ3v) is 6.31. The predicted octanol–water partition coefficient (Wildman–Crippen LogP) is 5.06. The summed E-state index contributed by atoms with van der Waals surface area (Å²) in [4.78, 5) is 30.0. The van der Waals surface area contributed by atoms with E-state index in [1.807, 2.05) is 12.1 Å². The van der Waals surface area contributed by atoms with Gasteiger partial charge < -0.3 is 9.47 Å². The fraction of sp³-hybridized carbons (Fsp3) is 0.0741. The van der Waals surface area contributed by atoms with Crippen molar-refractivity contribution in [2.45, 2.75) is 0 Å². The van der Waals surface area contributed by atoms with Crippen LogP contribution in [0, 0.1) is 15.9 Å². The minimum absolute atomic E-state index is 0.0403. The number of hydrogen-bond acceptors (Lipinski definition) is 5. The number of para-hydroxylation sites is 2. The molecule has 1 fully saturated rings. The topological polar surface area (TPSA) is 59.1 Å². The number of thiocarbonyl (C=S) groups is 1. The smallest absolute Gasteiger partial charge is 0.270 e. The lowest BCUT2D eigenvalue weighted by Gasteiger charge is -2.36. The van der Waals surface area contributed by atoms with Gasteiger partial charge in [-0.05, 0) is 82.8 Å². The summed E-state index contributed by atoms with van der Waals surface area (Å²) in [5.74, 6) is 2.33. The van der Waals surface area contributed by atoms with Gasteiger partial charge in [0.15, 0.2) is 16.6 Å². The number of methoxy groups -OCH3 is 1. The molecule has 0 atom stereocenters. The molecule has 0 aliphatic carbocycles. The summed E-state index contributed by atoms with van der Waals surface area (Å²) in [6.45, 7) is 0.0826. The molecule has 0 spiro atoms. The summed E-state index contributed by atoms with van der Waals surface area (Å²) in [5.41, 5.74) is 1.67. The van der Waals surface area contributed by atoms with Gasteiger partial charge in [-0.1, -0.05) is 42.3 Å². The number of carbonyl (C=O) groups is 2. The molecule has 3 aromatic rings. The standard InChI is InChI=1S/C27H19IN2O4S/c1-3-14-34-24-22(28)16-18(17-23(24)33-2)15-21-25(31)29(19-10-6-4-7-11-19)27(35)30(26(21)32)20-12-8-5-9-13-20/h1,4-13,15-17H,14H2,2H3. The highest BCUT2D eigenvalue weighted by Gasteiger charge is 2.41. The first-order chi connectivity index (χ1) is 17.0. The Balaban J connectivity index is 1.85. The van der Waals surface area contributed by atoms with Crippen LogP contribution in [0.5, 0.6) is 11.5 Å². The zero-order valence-corrected chi connectivity index (χ0v) is 21.6. The molecule has 0 bridgehead atoms. The van der Waals surface area contributed by atoms with Crippen molar-refractivity contribution in [3.63, 3.8) is 0 Å². The van der Waals surface area contributed by atoms with E-state index in [1.165, 1.54) is 23.0 Å². The lowest BCUT2D eigenvalue weighted by atomic mass is 10.0. The SMILES string of the molecule is C#CCOc1c(I)cc(C=C2C(=O)N(c3ccccc3)C(=S)N(c3ccccc3)C2=O)cc1OC. The van der Waals surface area contributed by atoms with E-state index in [0.717, 1.165) is 3.57 Å². The summed E-state index contributed by atoms with van der Waals surface area (Å²) in [6.07, 6.45) is 6.85. The molecular formula is C27H19IN2O4S. The number of anilines is 2. The Labute approximate surface area is 222 Å². The quantitative estimate of drug-likeness (QED) is 0.131. The van der Waals surface area contributed by atoms with Gasteiger partial charge in [0.2, 0.25) is 0 Å². The van der Waals surface area contributed by atoms with Gasteiger partial charge in [0.25, 0.3) is 11.8 Å². The normalized spacial score (nSPS) is 13.5. The Morgan fingerprint density at radius 1 is 0.971 bits per heavy atom. The molecule has 0 unspecified atom stereocenters. The van der Waals surface area contributed by atoms with Crippen LogP contribution in [0.1, 0.15) is 5.56 Å². The Hall–Kier alpha value is -3.68. The van der Waals surface area contributed by atoms with Gasteiger partial charge in [-0.3, -0.25) is 19.4 Å². The van der Waals surface area contributed by atoms with Crippen molar-refractivity contribution in [3.8, 4) is 23.8 Å². The van der Waals surface area contributed by atoms with E-state index in [-0.39, 0.29) is 17.3 Å². The summed E-state index contributed by atoms with van der Waals surface area (Å²) >= 11 is 7.73. The predicted molar refractivity (Wildman–Crippen MR) is 148 cm³/mol. The molecule has 1 aliphatic heterocycles. The van der Waals surface area contributed by atoms with Crippen molar-refractivity contribution in [2.24, 2.45) is 0 Å². The van der Waals surface area contributed by atoms with Crippen LogP contribution in [0.4, 0.5) is 11.4 Å². The third kappa shape index (κ3) is 4.92. The molecule has 8 heteroatoms.